The van der Waals surface area contributed by atoms with Gasteiger partial charge in [0.25, 0.3) is 0 Å². The van der Waals surface area contributed by atoms with E-state index in [1.54, 1.807) is 7.11 Å². The summed E-state index contributed by atoms with van der Waals surface area (Å²) in [7, 11) is 3.68. The third-order valence-corrected chi connectivity index (χ3v) is 4.53. The Bertz CT molecular complexity index is 448. The Labute approximate surface area is 128 Å². The third-order valence-electron chi connectivity index (χ3n) is 4.53. The monoisotopic (exact) mass is 292 g/mol. The Hall–Kier alpha value is -1.13. The number of rotatable bonds is 6. The predicted molar refractivity (Wildman–Crippen MR) is 84.6 cm³/mol. The average Bonchev–Trinajstić information content (AvgIpc) is 2.48. The lowest BCUT2D eigenvalue weighted by molar-refractivity contribution is -0.101. The maximum Gasteiger partial charge on any atom is 0.142 e. The van der Waals surface area contributed by atoms with Crippen molar-refractivity contribution in [2.24, 2.45) is 5.92 Å². The highest BCUT2D eigenvalue weighted by Gasteiger charge is 2.44. The van der Waals surface area contributed by atoms with Gasteiger partial charge in [-0.05, 0) is 44.9 Å². The van der Waals surface area contributed by atoms with Crippen LogP contribution in [-0.4, -0.2) is 31.3 Å². The lowest BCUT2D eigenvalue weighted by Crippen LogP contribution is -2.48. The van der Waals surface area contributed by atoms with Crippen LogP contribution in [0.1, 0.15) is 51.3 Å². The number of methoxy groups -OCH3 is 1. The maximum absolute atomic E-state index is 6.29. The first-order valence-electron chi connectivity index (χ1n) is 7.97. The highest BCUT2D eigenvalue weighted by atomic mass is 16.5. The second-order valence-electron chi connectivity index (χ2n) is 6.01. The molecule has 1 heterocycles. The molecule has 0 spiro atoms. The summed E-state index contributed by atoms with van der Waals surface area (Å²) in [5, 5.41) is 3.44. The molecule has 1 aliphatic rings. The van der Waals surface area contributed by atoms with Crippen molar-refractivity contribution in [3.8, 4) is 5.75 Å². The van der Waals surface area contributed by atoms with Crippen LogP contribution in [-0.2, 0) is 4.74 Å². The van der Waals surface area contributed by atoms with Crippen molar-refractivity contribution in [2.75, 3.05) is 20.8 Å². The molecule has 1 N–H and O–H groups in total. The van der Waals surface area contributed by atoms with Gasteiger partial charge in [0.2, 0.25) is 0 Å². The zero-order chi connectivity index (χ0) is 15.3. The first-order chi connectivity index (χ1) is 10.2. The summed E-state index contributed by atoms with van der Waals surface area (Å²) >= 11 is 0. The van der Waals surface area contributed by atoms with Gasteiger partial charge in [0, 0.05) is 12.8 Å². The van der Waals surface area contributed by atoms with E-state index in [-0.39, 0.29) is 11.6 Å². The molecule has 0 saturated heterocycles. The summed E-state index contributed by atoms with van der Waals surface area (Å²) in [6, 6.07) is 3.93. The Morgan fingerprint density at radius 2 is 2.33 bits per heavy atom. The number of likely N-dealkylation sites (N-methyl/N-ethyl adjacent to an activating group) is 1. The summed E-state index contributed by atoms with van der Waals surface area (Å²) < 4.78 is 11.8. The number of nitrogens with one attached hydrogen (secondary N) is 1. The second-order valence-corrected chi connectivity index (χ2v) is 6.01. The van der Waals surface area contributed by atoms with Crippen molar-refractivity contribution in [1.82, 2.24) is 10.3 Å². The van der Waals surface area contributed by atoms with Crippen LogP contribution in [0.15, 0.2) is 18.3 Å². The molecule has 4 heteroatoms. The fourth-order valence-corrected chi connectivity index (χ4v) is 3.75. The second kappa shape index (κ2) is 7.23. The van der Waals surface area contributed by atoms with E-state index in [2.05, 4.69) is 24.1 Å². The van der Waals surface area contributed by atoms with E-state index in [4.69, 9.17) is 9.47 Å². The van der Waals surface area contributed by atoms with Crippen LogP contribution in [0.4, 0.5) is 0 Å². The molecule has 1 aromatic rings. The molecule has 0 aromatic carbocycles. The smallest absolute Gasteiger partial charge is 0.142 e. The van der Waals surface area contributed by atoms with Crippen molar-refractivity contribution in [3.63, 3.8) is 0 Å². The molecular weight excluding hydrogens is 264 g/mol. The van der Waals surface area contributed by atoms with E-state index in [9.17, 15) is 0 Å². The summed E-state index contributed by atoms with van der Waals surface area (Å²) in [5.41, 5.74) is 0.757. The molecule has 0 bridgehead atoms. The number of hydrogen-bond acceptors (Lipinski definition) is 4. The topological polar surface area (TPSA) is 43.4 Å². The largest absolute Gasteiger partial charge is 0.495 e. The minimum atomic E-state index is -0.192. The van der Waals surface area contributed by atoms with E-state index in [0.717, 1.165) is 30.9 Å². The standard InChI is InChI=1S/C17H28N2O2/c1-5-21-17(10-6-8-13(2)12-17)16(18-3)15-14(20-4)9-7-11-19-15/h7,9,11,13,16,18H,5-6,8,10,12H2,1-4H3. The number of nitrogens with zero attached hydrogens (tertiary/aromatic N) is 1. The Morgan fingerprint density at radius 3 is 2.95 bits per heavy atom. The number of pyridine rings is 1. The van der Waals surface area contributed by atoms with Gasteiger partial charge in [0.1, 0.15) is 11.4 Å². The van der Waals surface area contributed by atoms with Crippen molar-refractivity contribution in [1.29, 1.82) is 0 Å². The Kier molecular flexibility index (Phi) is 5.59. The molecule has 1 saturated carbocycles. The van der Waals surface area contributed by atoms with Crippen LogP contribution < -0.4 is 10.1 Å². The number of hydrogen-bond donors (Lipinski definition) is 1. The molecule has 1 aliphatic carbocycles. The van der Waals surface area contributed by atoms with Gasteiger partial charge in [0.05, 0.1) is 18.8 Å². The summed E-state index contributed by atoms with van der Waals surface area (Å²) in [5.74, 6) is 1.50. The van der Waals surface area contributed by atoms with Gasteiger partial charge in [0.15, 0.2) is 0 Å². The molecule has 0 amide bonds. The fourth-order valence-electron chi connectivity index (χ4n) is 3.75. The molecule has 21 heavy (non-hydrogen) atoms. The number of aromatic nitrogens is 1. The van der Waals surface area contributed by atoms with Crippen LogP contribution in [0.25, 0.3) is 0 Å². The van der Waals surface area contributed by atoms with Crippen LogP contribution in [0.5, 0.6) is 5.75 Å². The van der Waals surface area contributed by atoms with Gasteiger partial charge in [-0.1, -0.05) is 19.8 Å². The van der Waals surface area contributed by atoms with Crippen molar-refractivity contribution in [3.05, 3.63) is 24.0 Å². The van der Waals surface area contributed by atoms with Crippen LogP contribution in [0.2, 0.25) is 0 Å². The summed E-state index contributed by atoms with van der Waals surface area (Å²) in [6.45, 7) is 5.11. The molecule has 2 rings (SSSR count). The maximum atomic E-state index is 6.29. The highest BCUT2D eigenvalue weighted by Crippen LogP contribution is 2.44. The molecule has 0 radical (unpaired) electrons. The van der Waals surface area contributed by atoms with E-state index < -0.39 is 0 Å². The van der Waals surface area contributed by atoms with Gasteiger partial charge < -0.3 is 14.8 Å². The molecular formula is C17H28N2O2. The molecule has 4 nitrogen and oxygen atoms in total. The van der Waals surface area contributed by atoms with Crippen molar-refractivity contribution < 1.29 is 9.47 Å². The third kappa shape index (κ3) is 3.38. The van der Waals surface area contributed by atoms with E-state index in [1.807, 2.05) is 25.4 Å². The predicted octanol–water partition coefficient (Wildman–Crippen LogP) is 3.34. The van der Waals surface area contributed by atoms with Crippen molar-refractivity contribution >= 4 is 0 Å². The van der Waals surface area contributed by atoms with Gasteiger partial charge >= 0.3 is 0 Å². The lowest BCUT2D eigenvalue weighted by atomic mass is 9.73. The summed E-state index contributed by atoms with van der Waals surface area (Å²) in [6.07, 6.45) is 6.44. The quantitative estimate of drug-likeness (QED) is 0.873. The zero-order valence-corrected chi connectivity index (χ0v) is 13.7. The molecule has 3 unspecified atom stereocenters. The van der Waals surface area contributed by atoms with Crippen LogP contribution >= 0.6 is 0 Å². The average molecular weight is 292 g/mol. The number of ether oxygens (including phenoxy) is 2. The van der Waals surface area contributed by atoms with Gasteiger partial charge in [-0.25, -0.2) is 0 Å². The molecule has 1 fully saturated rings. The van der Waals surface area contributed by atoms with E-state index in [0.29, 0.717) is 5.92 Å². The molecule has 3 atom stereocenters. The lowest BCUT2D eigenvalue weighted by Gasteiger charge is -2.45. The Balaban J connectivity index is 2.39. The molecule has 1 aromatic heterocycles. The minimum absolute atomic E-state index is 0.0522. The first-order valence-corrected chi connectivity index (χ1v) is 7.97. The first kappa shape index (κ1) is 16.2. The molecule has 118 valence electrons. The fraction of sp³-hybridized carbons (Fsp3) is 0.706. The van der Waals surface area contributed by atoms with Crippen LogP contribution in [0.3, 0.4) is 0 Å². The SMILES string of the molecule is CCOC1(C(NC)c2ncccc2OC)CCCC(C)C1. The van der Waals surface area contributed by atoms with Gasteiger partial charge in [-0.2, -0.15) is 0 Å². The van der Waals surface area contributed by atoms with Crippen LogP contribution in [0, 0.1) is 5.92 Å². The highest BCUT2D eigenvalue weighted by molar-refractivity contribution is 5.31. The summed E-state index contributed by atoms with van der Waals surface area (Å²) in [4.78, 5) is 4.58. The van der Waals surface area contributed by atoms with Gasteiger partial charge in [-0.3, -0.25) is 4.98 Å². The van der Waals surface area contributed by atoms with Gasteiger partial charge in [-0.15, -0.1) is 0 Å². The van der Waals surface area contributed by atoms with E-state index >= 15 is 0 Å². The normalized spacial score (nSPS) is 27.3. The van der Waals surface area contributed by atoms with Crippen molar-refractivity contribution in [2.45, 2.75) is 51.2 Å². The molecule has 0 aliphatic heterocycles. The van der Waals surface area contributed by atoms with E-state index in [1.165, 1.54) is 12.8 Å². The zero-order valence-electron chi connectivity index (χ0n) is 13.7. The minimum Gasteiger partial charge on any atom is -0.495 e. The Morgan fingerprint density at radius 1 is 1.52 bits per heavy atom.